The first-order chi connectivity index (χ1) is 9.63. The highest BCUT2D eigenvalue weighted by molar-refractivity contribution is 5.88. The minimum atomic E-state index is -0.612. The van der Waals surface area contributed by atoms with E-state index in [9.17, 15) is 9.90 Å². The van der Waals surface area contributed by atoms with Crippen LogP contribution >= 0.6 is 0 Å². The summed E-state index contributed by atoms with van der Waals surface area (Å²) in [6.45, 7) is 2.08. The van der Waals surface area contributed by atoms with Crippen LogP contribution in [0.1, 0.15) is 6.92 Å². The summed E-state index contributed by atoms with van der Waals surface area (Å²) in [7, 11) is 0. The molecule has 0 unspecified atom stereocenters. The van der Waals surface area contributed by atoms with Gasteiger partial charge in [-0.25, -0.2) is 4.98 Å². The third-order valence-electron chi connectivity index (χ3n) is 2.60. The van der Waals surface area contributed by atoms with Crippen molar-refractivity contribution in [3.63, 3.8) is 0 Å². The maximum absolute atomic E-state index is 10.9. The number of hydrogen-bond acceptors (Lipinski definition) is 4. The minimum Gasteiger partial charge on any atom is -0.491 e. The molecule has 2 aromatic rings. The van der Waals surface area contributed by atoms with Crippen LogP contribution in [-0.4, -0.2) is 33.3 Å². The van der Waals surface area contributed by atoms with Crippen molar-refractivity contribution in [3.05, 3.63) is 43.0 Å². The average molecular weight is 275 g/mol. The molecule has 2 N–H and O–H groups in total. The summed E-state index contributed by atoms with van der Waals surface area (Å²) in [6, 6.07) is 6.99. The van der Waals surface area contributed by atoms with E-state index < -0.39 is 6.10 Å². The fraction of sp³-hybridized carbons (Fsp3) is 0.286. The van der Waals surface area contributed by atoms with Crippen molar-refractivity contribution < 1.29 is 14.6 Å². The number of aromatic nitrogens is 2. The van der Waals surface area contributed by atoms with Crippen LogP contribution in [0.25, 0.3) is 0 Å². The van der Waals surface area contributed by atoms with Crippen LogP contribution in [0.4, 0.5) is 5.69 Å². The largest absolute Gasteiger partial charge is 0.491 e. The van der Waals surface area contributed by atoms with Crippen molar-refractivity contribution in [2.75, 3.05) is 11.9 Å². The molecule has 106 valence electrons. The molecule has 6 heteroatoms. The molecular formula is C14H17N3O3. The molecule has 0 aliphatic carbocycles. The Kier molecular flexibility index (Phi) is 4.73. The number of ether oxygens (including phenoxy) is 1. The molecule has 1 aromatic heterocycles. The van der Waals surface area contributed by atoms with Crippen molar-refractivity contribution in [3.8, 4) is 5.75 Å². The van der Waals surface area contributed by atoms with Gasteiger partial charge in [-0.15, -0.1) is 0 Å². The molecule has 0 radical (unpaired) electrons. The van der Waals surface area contributed by atoms with Gasteiger partial charge in [-0.3, -0.25) is 4.79 Å². The van der Waals surface area contributed by atoms with Gasteiger partial charge in [-0.05, 0) is 24.3 Å². The Morgan fingerprint density at radius 1 is 1.45 bits per heavy atom. The van der Waals surface area contributed by atoms with Crippen molar-refractivity contribution >= 4 is 11.6 Å². The van der Waals surface area contributed by atoms with Crippen LogP contribution < -0.4 is 10.1 Å². The molecule has 1 heterocycles. The van der Waals surface area contributed by atoms with E-state index in [2.05, 4.69) is 10.3 Å². The van der Waals surface area contributed by atoms with E-state index in [1.54, 1.807) is 47.6 Å². The fourth-order valence-electron chi connectivity index (χ4n) is 1.72. The van der Waals surface area contributed by atoms with Crippen LogP contribution in [0.5, 0.6) is 5.75 Å². The third kappa shape index (κ3) is 4.40. The van der Waals surface area contributed by atoms with E-state index in [0.29, 0.717) is 18.0 Å². The van der Waals surface area contributed by atoms with Gasteiger partial charge in [0.25, 0.3) is 0 Å². The first kappa shape index (κ1) is 14.1. The maximum atomic E-state index is 10.9. The first-order valence-corrected chi connectivity index (χ1v) is 6.28. The molecule has 0 saturated carbocycles. The number of carbonyl (C=O) groups is 1. The Morgan fingerprint density at radius 3 is 2.80 bits per heavy atom. The highest BCUT2D eigenvalue weighted by atomic mass is 16.5. The zero-order valence-electron chi connectivity index (χ0n) is 11.2. The first-order valence-electron chi connectivity index (χ1n) is 6.28. The van der Waals surface area contributed by atoms with Crippen molar-refractivity contribution in [1.82, 2.24) is 9.55 Å². The zero-order valence-corrected chi connectivity index (χ0v) is 11.2. The Morgan fingerprint density at radius 2 is 2.20 bits per heavy atom. The fourth-order valence-corrected chi connectivity index (χ4v) is 1.72. The van der Waals surface area contributed by atoms with Crippen LogP contribution in [0, 0.1) is 0 Å². The molecule has 6 nitrogen and oxygen atoms in total. The van der Waals surface area contributed by atoms with Crippen LogP contribution in [0.3, 0.4) is 0 Å². The number of nitrogens with zero attached hydrogens (tertiary/aromatic N) is 2. The lowest BCUT2D eigenvalue weighted by atomic mass is 10.3. The van der Waals surface area contributed by atoms with Gasteiger partial charge >= 0.3 is 0 Å². The van der Waals surface area contributed by atoms with E-state index in [0.717, 1.165) is 0 Å². The zero-order chi connectivity index (χ0) is 14.4. The highest BCUT2D eigenvalue weighted by Crippen LogP contribution is 2.15. The van der Waals surface area contributed by atoms with E-state index >= 15 is 0 Å². The molecule has 0 bridgehead atoms. The molecule has 0 aliphatic heterocycles. The highest BCUT2D eigenvalue weighted by Gasteiger charge is 2.06. The molecular weight excluding hydrogens is 258 g/mol. The lowest BCUT2D eigenvalue weighted by Gasteiger charge is -2.13. The number of rotatable bonds is 6. The number of nitrogens with one attached hydrogen (secondary N) is 1. The molecule has 0 fully saturated rings. The quantitative estimate of drug-likeness (QED) is 0.832. The predicted octanol–water partition coefficient (Wildman–Crippen LogP) is 1.28. The van der Waals surface area contributed by atoms with Crippen LogP contribution in [0.2, 0.25) is 0 Å². The van der Waals surface area contributed by atoms with Gasteiger partial charge in [-0.2, -0.15) is 0 Å². The second-order valence-electron chi connectivity index (χ2n) is 4.43. The summed E-state index contributed by atoms with van der Waals surface area (Å²) < 4.78 is 7.27. The monoisotopic (exact) mass is 275 g/mol. The summed E-state index contributed by atoms with van der Waals surface area (Å²) in [5.74, 6) is 0.526. The molecule has 20 heavy (non-hydrogen) atoms. The van der Waals surface area contributed by atoms with Gasteiger partial charge in [0.1, 0.15) is 18.5 Å². The standard InChI is InChI=1S/C14H17N3O3/c1-11(18)16-12-2-4-14(5-3-12)20-9-13(19)8-17-7-6-15-10-17/h2-7,10,13,19H,8-9H2,1H3,(H,16,18)/t13-/m0/s1. The van der Waals surface area contributed by atoms with E-state index in [-0.39, 0.29) is 12.5 Å². The topological polar surface area (TPSA) is 76.4 Å². The molecule has 0 aliphatic rings. The summed E-state index contributed by atoms with van der Waals surface area (Å²) in [6.07, 6.45) is 4.48. The Balaban J connectivity index is 1.80. The van der Waals surface area contributed by atoms with Gasteiger partial charge in [0, 0.05) is 25.0 Å². The number of imidazole rings is 1. The second-order valence-corrected chi connectivity index (χ2v) is 4.43. The summed E-state index contributed by atoms with van der Waals surface area (Å²) in [5, 5.41) is 12.5. The third-order valence-corrected chi connectivity index (χ3v) is 2.60. The second kappa shape index (κ2) is 6.72. The number of aliphatic hydroxyl groups is 1. The SMILES string of the molecule is CC(=O)Nc1ccc(OC[C@@H](O)Cn2ccnc2)cc1. The van der Waals surface area contributed by atoms with Gasteiger partial charge in [-0.1, -0.05) is 0 Å². The molecule has 0 spiro atoms. The molecule has 0 saturated heterocycles. The molecule has 1 atom stereocenters. The van der Waals surface area contributed by atoms with Crippen LogP contribution in [0.15, 0.2) is 43.0 Å². The number of benzene rings is 1. The van der Waals surface area contributed by atoms with Gasteiger partial charge in [0.15, 0.2) is 0 Å². The summed E-state index contributed by atoms with van der Waals surface area (Å²) in [4.78, 5) is 14.8. The summed E-state index contributed by atoms with van der Waals surface area (Å²) >= 11 is 0. The Labute approximate surface area is 117 Å². The molecule has 2 rings (SSSR count). The molecule has 1 aromatic carbocycles. The Hall–Kier alpha value is -2.34. The number of anilines is 1. The van der Waals surface area contributed by atoms with E-state index in [4.69, 9.17) is 4.74 Å². The maximum Gasteiger partial charge on any atom is 0.221 e. The van der Waals surface area contributed by atoms with Crippen molar-refractivity contribution in [2.45, 2.75) is 19.6 Å². The summed E-state index contributed by atoms with van der Waals surface area (Å²) in [5.41, 5.74) is 0.712. The lowest BCUT2D eigenvalue weighted by molar-refractivity contribution is -0.114. The van der Waals surface area contributed by atoms with Crippen LogP contribution in [-0.2, 0) is 11.3 Å². The lowest BCUT2D eigenvalue weighted by Crippen LogP contribution is -2.22. The van der Waals surface area contributed by atoms with Gasteiger partial charge < -0.3 is 19.7 Å². The smallest absolute Gasteiger partial charge is 0.221 e. The average Bonchev–Trinajstić information content (AvgIpc) is 2.90. The van der Waals surface area contributed by atoms with Gasteiger partial charge in [0.2, 0.25) is 5.91 Å². The van der Waals surface area contributed by atoms with Crippen molar-refractivity contribution in [2.24, 2.45) is 0 Å². The number of carbonyl (C=O) groups excluding carboxylic acids is 1. The Bertz CT molecular complexity index is 537. The van der Waals surface area contributed by atoms with Gasteiger partial charge in [0.05, 0.1) is 12.9 Å². The van der Waals surface area contributed by atoms with E-state index in [1.165, 1.54) is 6.92 Å². The predicted molar refractivity (Wildman–Crippen MR) is 74.5 cm³/mol. The van der Waals surface area contributed by atoms with Crippen molar-refractivity contribution in [1.29, 1.82) is 0 Å². The van der Waals surface area contributed by atoms with E-state index in [1.807, 2.05) is 0 Å². The number of hydrogen-bond donors (Lipinski definition) is 2. The number of amides is 1. The normalized spacial score (nSPS) is 11.9. The number of aliphatic hydroxyl groups excluding tert-OH is 1. The minimum absolute atomic E-state index is 0.116. The molecule has 1 amide bonds.